The summed E-state index contributed by atoms with van der Waals surface area (Å²) < 4.78 is 11.5. The fourth-order valence-corrected chi connectivity index (χ4v) is 2.17. The van der Waals surface area contributed by atoms with Crippen LogP contribution in [0.1, 0.15) is 40.5 Å². The van der Waals surface area contributed by atoms with Crippen molar-refractivity contribution >= 4 is 5.97 Å². The monoisotopic (exact) mass is 236 g/mol. The van der Waals surface area contributed by atoms with Gasteiger partial charge in [0.1, 0.15) is 0 Å². The number of hydrogen-bond acceptors (Lipinski definition) is 3. The van der Waals surface area contributed by atoms with Crippen molar-refractivity contribution in [3.05, 3.63) is 24.3 Å². The standard InChI is InChI=1S/C14H20O3/c1-6-10-7-8-14(9-10)11(15)16-13(5,17-14)12(2,3)4/h6-7H,1,8-9H2,2-5H3/t13-,14-/m0/s1. The number of carbonyl (C=O) groups is 1. The Bertz CT molecular complexity index is 402. The van der Waals surface area contributed by atoms with Crippen molar-refractivity contribution < 1.29 is 14.3 Å². The molecule has 0 amide bonds. The first kappa shape index (κ1) is 12.4. The summed E-state index contributed by atoms with van der Waals surface area (Å²) in [6.45, 7) is 11.6. The van der Waals surface area contributed by atoms with Gasteiger partial charge in [-0.1, -0.05) is 39.5 Å². The van der Waals surface area contributed by atoms with Crippen LogP contribution in [-0.4, -0.2) is 17.4 Å². The van der Waals surface area contributed by atoms with E-state index < -0.39 is 11.4 Å². The summed E-state index contributed by atoms with van der Waals surface area (Å²) in [4.78, 5) is 12.1. The maximum absolute atomic E-state index is 12.1. The van der Waals surface area contributed by atoms with Gasteiger partial charge in [0.05, 0.1) is 0 Å². The average Bonchev–Trinajstić information content (AvgIpc) is 2.70. The fraction of sp³-hybridized carbons (Fsp3) is 0.643. The normalized spacial score (nSPS) is 37.2. The Hall–Kier alpha value is -1.09. The van der Waals surface area contributed by atoms with Gasteiger partial charge in [-0.2, -0.15) is 0 Å². The number of rotatable bonds is 1. The smallest absolute Gasteiger partial charge is 0.341 e. The maximum Gasteiger partial charge on any atom is 0.341 e. The van der Waals surface area contributed by atoms with E-state index in [2.05, 4.69) is 6.58 Å². The van der Waals surface area contributed by atoms with Gasteiger partial charge in [0.25, 0.3) is 0 Å². The third-order valence-electron chi connectivity index (χ3n) is 3.86. The molecule has 0 saturated carbocycles. The molecule has 1 aliphatic carbocycles. The molecule has 3 heteroatoms. The first-order valence-electron chi connectivity index (χ1n) is 5.98. The van der Waals surface area contributed by atoms with Crippen LogP contribution in [-0.2, 0) is 14.3 Å². The van der Waals surface area contributed by atoms with Gasteiger partial charge in [-0.3, -0.25) is 0 Å². The molecule has 94 valence electrons. The predicted molar refractivity (Wildman–Crippen MR) is 65.3 cm³/mol. The molecule has 0 aromatic rings. The van der Waals surface area contributed by atoms with Gasteiger partial charge >= 0.3 is 5.97 Å². The van der Waals surface area contributed by atoms with E-state index in [1.807, 2.05) is 33.8 Å². The van der Waals surface area contributed by atoms with Crippen LogP contribution in [0, 0.1) is 5.41 Å². The summed E-state index contributed by atoms with van der Waals surface area (Å²) in [6.07, 6.45) is 4.93. The summed E-state index contributed by atoms with van der Waals surface area (Å²) in [6, 6.07) is 0. The average molecular weight is 236 g/mol. The largest absolute Gasteiger partial charge is 0.431 e. The first-order chi connectivity index (χ1) is 7.72. The quantitative estimate of drug-likeness (QED) is 0.657. The lowest BCUT2D eigenvalue weighted by Gasteiger charge is -2.36. The molecular weight excluding hydrogens is 216 g/mol. The molecule has 1 spiro atoms. The minimum Gasteiger partial charge on any atom is -0.431 e. The number of cyclic esters (lactones) is 1. The lowest BCUT2D eigenvalue weighted by molar-refractivity contribution is -0.230. The molecule has 0 unspecified atom stereocenters. The van der Waals surface area contributed by atoms with Crippen LogP contribution in [0.15, 0.2) is 24.3 Å². The number of carbonyl (C=O) groups excluding carboxylic acids is 1. The van der Waals surface area contributed by atoms with Crippen LogP contribution < -0.4 is 0 Å². The Balaban J connectivity index is 2.26. The Kier molecular flexibility index (Phi) is 2.51. The SMILES string of the molecule is C=CC1=CC[C@@]2(C1)O[C@@](C)(C(C)(C)C)OC2=O. The zero-order valence-corrected chi connectivity index (χ0v) is 11.0. The summed E-state index contributed by atoms with van der Waals surface area (Å²) in [7, 11) is 0. The molecule has 1 fully saturated rings. The second-order valence-corrected chi connectivity index (χ2v) is 6.05. The van der Waals surface area contributed by atoms with Gasteiger partial charge in [0, 0.05) is 25.2 Å². The van der Waals surface area contributed by atoms with E-state index >= 15 is 0 Å². The minimum absolute atomic E-state index is 0.247. The molecule has 1 aliphatic heterocycles. The van der Waals surface area contributed by atoms with E-state index in [4.69, 9.17) is 9.47 Å². The second kappa shape index (κ2) is 3.45. The highest BCUT2D eigenvalue weighted by Crippen LogP contribution is 2.49. The molecule has 1 saturated heterocycles. The van der Waals surface area contributed by atoms with Crippen molar-refractivity contribution in [3.63, 3.8) is 0 Å². The van der Waals surface area contributed by atoms with Crippen LogP contribution >= 0.6 is 0 Å². The number of allylic oxidation sites excluding steroid dienone is 1. The Morgan fingerprint density at radius 1 is 1.47 bits per heavy atom. The van der Waals surface area contributed by atoms with Crippen molar-refractivity contribution in [2.75, 3.05) is 0 Å². The Morgan fingerprint density at radius 2 is 2.12 bits per heavy atom. The van der Waals surface area contributed by atoms with Crippen molar-refractivity contribution in [2.24, 2.45) is 5.41 Å². The first-order valence-corrected chi connectivity index (χ1v) is 5.98. The second-order valence-electron chi connectivity index (χ2n) is 6.05. The predicted octanol–water partition coefficient (Wildman–Crippen LogP) is 2.97. The highest BCUT2D eigenvalue weighted by atomic mass is 16.8. The van der Waals surface area contributed by atoms with Crippen molar-refractivity contribution in [1.82, 2.24) is 0 Å². The topological polar surface area (TPSA) is 35.5 Å². The molecule has 17 heavy (non-hydrogen) atoms. The molecule has 2 rings (SSSR count). The third kappa shape index (κ3) is 1.73. The molecule has 0 aromatic carbocycles. The van der Waals surface area contributed by atoms with E-state index in [-0.39, 0.29) is 11.4 Å². The van der Waals surface area contributed by atoms with Crippen LogP contribution in [0.2, 0.25) is 0 Å². The minimum atomic E-state index is -0.853. The highest BCUT2D eigenvalue weighted by molar-refractivity contribution is 5.83. The van der Waals surface area contributed by atoms with Gasteiger partial charge < -0.3 is 9.47 Å². The number of ether oxygens (including phenoxy) is 2. The molecule has 2 atom stereocenters. The van der Waals surface area contributed by atoms with Crippen molar-refractivity contribution in [1.29, 1.82) is 0 Å². The van der Waals surface area contributed by atoms with Crippen LogP contribution in [0.3, 0.4) is 0 Å². The van der Waals surface area contributed by atoms with Gasteiger partial charge in [0.2, 0.25) is 5.79 Å². The lowest BCUT2D eigenvalue weighted by Crippen LogP contribution is -2.43. The zero-order chi connectivity index (χ0) is 12.9. The van der Waals surface area contributed by atoms with Gasteiger partial charge in [-0.25, -0.2) is 4.79 Å². The molecule has 2 aliphatic rings. The van der Waals surface area contributed by atoms with Crippen LogP contribution in [0.25, 0.3) is 0 Å². The van der Waals surface area contributed by atoms with Gasteiger partial charge in [-0.15, -0.1) is 0 Å². The van der Waals surface area contributed by atoms with Crippen molar-refractivity contribution in [3.8, 4) is 0 Å². The Morgan fingerprint density at radius 3 is 2.53 bits per heavy atom. The molecule has 0 aromatic heterocycles. The van der Waals surface area contributed by atoms with Crippen molar-refractivity contribution in [2.45, 2.75) is 51.9 Å². The van der Waals surface area contributed by atoms with Gasteiger partial charge in [0.15, 0.2) is 5.60 Å². The molecule has 0 radical (unpaired) electrons. The molecule has 0 bridgehead atoms. The molecule has 1 heterocycles. The van der Waals surface area contributed by atoms with E-state index in [0.717, 1.165) is 5.57 Å². The zero-order valence-electron chi connectivity index (χ0n) is 11.0. The van der Waals surface area contributed by atoms with E-state index in [9.17, 15) is 4.79 Å². The Labute approximate surface area is 102 Å². The maximum atomic E-state index is 12.1. The van der Waals surface area contributed by atoms with Gasteiger partial charge in [-0.05, 0) is 5.57 Å². The van der Waals surface area contributed by atoms with Crippen LogP contribution in [0.4, 0.5) is 0 Å². The molecular formula is C14H20O3. The highest BCUT2D eigenvalue weighted by Gasteiger charge is 2.60. The molecule has 3 nitrogen and oxygen atoms in total. The lowest BCUT2D eigenvalue weighted by atomic mass is 9.86. The summed E-state index contributed by atoms with van der Waals surface area (Å²) in [5.74, 6) is -1.10. The fourth-order valence-electron chi connectivity index (χ4n) is 2.17. The molecule has 0 N–H and O–H groups in total. The van der Waals surface area contributed by atoms with E-state index in [1.165, 1.54) is 0 Å². The third-order valence-corrected chi connectivity index (χ3v) is 3.86. The number of hydrogen-bond donors (Lipinski definition) is 0. The number of esters is 1. The van der Waals surface area contributed by atoms with E-state index in [0.29, 0.717) is 12.8 Å². The summed E-state index contributed by atoms with van der Waals surface area (Å²) >= 11 is 0. The van der Waals surface area contributed by atoms with Crippen LogP contribution in [0.5, 0.6) is 0 Å². The summed E-state index contributed by atoms with van der Waals surface area (Å²) in [5.41, 5.74) is -0.00521. The van der Waals surface area contributed by atoms with E-state index in [1.54, 1.807) is 6.08 Å². The summed E-state index contributed by atoms with van der Waals surface area (Å²) in [5, 5.41) is 0.